The van der Waals surface area contributed by atoms with Crippen molar-refractivity contribution in [3.05, 3.63) is 42.3 Å². The summed E-state index contributed by atoms with van der Waals surface area (Å²) in [5, 5.41) is 10.3. The zero-order valence-electron chi connectivity index (χ0n) is 10.6. The topological polar surface area (TPSA) is 37.3 Å². The molecule has 0 unspecified atom stereocenters. The van der Waals surface area contributed by atoms with Crippen LogP contribution in [0, 0.1) is 6.42 Å². The Bertz CT molecular complexity index is 342. The molecule has 0 aliphatic carbocycles. The van der Waals surface area contributed by atoms with Crippen molar-refractivity contribution in [1.29, 1.82) is 0 Å². The van der Waals surface area contributed by atoms with Gasteiger partial charge in [0.2, 0.25) is 0 Å². The number of rotatable bonds is 6. The Hall–Kier alpha value is -1.19. The number of hydrogen-bond acceptors (Lipinski definition) is 2. The third-order valence-corrected chi connectivity index (χ3v) is 2.69. The molecule has 1 N–H and O–H groups in total. The van der Waals surface area contributed by atoms with Gasteiger partial charge in [-0.3, -0.25) is 0 Å². The smallest absolute Gasteiger partial charge is 0.227 e. The van der Waals surface area contributed by atoms with Gasteiger partial charge in [-0.25, -0.2) is 10.0 Å². The van der Waals surface area contributed by atoms with Gasteiger partial charge in [0.05, 0.1) is 0 Å². The molecule has 1 rings (SSSR count). The maximum Gasteiger partial charge on any atom is 0.354 e. The number of carbonyl (C=O) groups is 1. The fourth-order valence-electron chi connectivity index (χ4n) is 1.88. The fraction of sp³-hybridized carbons (Fsp3) is 0.429. The second-order valence-electron chi connectivity index (χ2n) is 4.26. The molecule has 0 bridgehead atoms. The lowest BCUT2D eigenvalue weighted by molar-refractivity contribution is -1.04. The Balaban J connectivity index is 2.72. The minimum atomic E-state index is -0.484. The summed E-state index contributed by atoms with van der Waals surface area (Å²) in [4.78, 5) is 12.1. The quantitative estimate of drug-likeness (QED) is 0.467. The largest absolute Gasteiger partial charge is 0.354 e. The van der Waals surface area contributed by atoms with E-state index in [2.05, 4.69) is 0 Å². The summed E-state index contributed by atoms with van der Waals surface area (Å²) in [5.74, 6) is -0.236. The molecule has 0 heterocycles. The number of nitrogens with zero attached hydrogens (tertiary/aromatic N) is 1. The molecule has 1 aromatic rings. The van der Waals surface area contributed by atoms with E-state index in [1.807, 2.05) is 44.2 Å². The van der Waals surface area contributed by atoms with Crippen LogP contribution in [0.15, 0.2) is 30.3 Å². The van der Waals surface area contributed by atoms with Crippen LogP contribution < -0.4 is 0 Å². The first-order chi connectivity index (χ1) is 8.12. The van der Waals surface area contributed by atoms with E-state index in [1.54, 1.807) is 0 Å². The van der Waals surface area contributed by atoms with Crippen LogP contribution in [0.3, 0.4) is 0 Å². The minimum Gasteiger partial charge on any atom is -0.227 e. The van der Waals surface area contributed by atoms with Gasteiger partial charge in [-0.15, -0.1) is 4.65 Å². The van der Waals surface area contributed by atoms with Crippen molar-refractivity contribution in [3.8, 4) is 0 Å². The van der Waals surface area contributed by atoms with Crippen LogP contribution in [0.25, 0.3) is 0 Å². The molecule has 0 saturated carbocycles. The van der Waals surface area contributed by atoms with Crippen LogP contribution in [0.2, 0.25) is 0 Å². The average Bonchev–Trinajstić information content (AvgIpc) is 2.31. The first-order valence-electron chi connectivity index (χ1n) is 6.16. The molecule has 1 aromatic carbocycles. The van der Waals surface area contributed by atoms with Crippen LogP contribution >= 0.6 is 0 Å². The fourth-order valence-corrected chi connectivity index (χ4v) is 1.88. The molecular formula is C14H21NO2+. The molecule has 0 fully saturated rings. The summed E-state index contributed by atoms with van der Waals surface area (Å²) in [7, 11) is 0. The first-order valence-corrected chi connectivity index (χ1v) is 6.16. The summed E-state index contributed by atoms with van der Waals surface area (Å²) >= 11 is 0. The van der Waals surface area contributed by atoms with E-state index < -0.39 is 4.65 Å². The molecule has 0 aromatic heterocycles. The van der Waals surface area contributed by atoms with Crippen molar-refractivity contribution in [2.45, 2.75) is 26.7 Å². The summed E-state index contributed by atoms with van der Waals surface area (Å²) in [6.07, 6.45) is 3.08. The van der Waals surface area contributed by atoms with Crippen LogP contribution in [-0.4, -0.2) is 28.9 Å². The lowest BCUT2D eigenvalue weighted by atomic mass is 10.1. The van der Waals surface area contributed by atoms with Gasteiger partial charge in [0.1, 0.15) is 19.5 Å². The highest BCUT2D eigenvalue weighted by molar-refractivity contribution is 5.82. The van der Waals surface area contributed by atoms with Crippen molar-refractivity contribution in [1.82, 2.24) is 0 Å². The predicted octanol–water partition coefficient (Wildman–Crippen LogP) is 2.79. The lowest BCUT2D eigenvalue weighted by Gasteiger charge is -2.26. The van der Waals surface area contributed by atoms with Gasteiger partial charge >= 0.3 is 5.91 Å². The Kier molecular flexibility index (Phi) is 5.32. The van der Waals surface area contributed by atoms with Gasteiger partial charge in [0, 0.05) is 0 Å². The molecule has 1 radical (unpaired) electrons. The van der Waals surface area contributed by atoms with Gasteiger partial charge in [-0.2, -0.15) is 0 Å². The van der Waals surface area contributed by atoms with E-state index in [4.69, 9.17) is 0 Å². The summed E-state index contributed by atoms with van der Waals surface area (Å²) in [5.41, 5.74) is 0.834. The maximum atomic E-state index is 12.1. The van der Waals surface area contributed by atoms with Crippen molar-refractivity contribution in [2.75, 3.05) is 13.1 Å². The summed E-state index contributed by atoms with van der Waals surface area (Å²) < 4.78 is -0.484. The van der Waals surface area contributed by atoms with E-state index >= 15 is 0 Å². The second kappa shape index (κ2) is 6.52. The number of benzene rings is 1. The number of quaternary nitrogens is 1. The van der Waals surface area contributed by atoms with Crippen molar-refractivity contribution in [3.63, 3.8) is 0 Å². The molecule has 3 nitrogen and oxygen atoms in total. The molecule has 0 saturated heterocycles. The number of hydroxylamine groups is 3. The number of carbonyl (C=O) groups excluding carboxylic acids is 1. The van der Waals surface area contributed by atoms with Gasteiger partial charge in [0.15, 0.2) is 0 Å². The molecule has 0 aliphatic rings. The monoisotopic (exact) mass is 235 g/mol. The molecule has 3 heteroatoms. The third-order valence-electron chi connectivity index (χ3n) is 2.69. The van der Waals surface area contributed by atoms with Gasteiger partial charge in [-0.1, -0.05) is 44.2 Å². The van der Waals surface area contributed by atoms with E-state index in [0.717, 1.165) is 18.4 Å². The molecule has 93 valence electrons. The SMILES string of the molecule is CCC[N+](O)(CCC)C(=O)[CH]c1ccccc1. The highest BCUT2D eigenvalue weighted by Gasteiger charge is 2.33. The summed E-state index contributed by atoms with van der Waals surface area (Å²) in [6, 6.07) is 9.39. The van der Waals surface area contributed by atoms with Gasteiger partial charge in [0.25, 0.3) is 0 Å². The average molecular weight is 235 g/mol. The van der Waals surface area contributed by atoms with E-state index in [9.17, 15) is 10.0 Å². The molecule has 0 spiro atoms. The highest BCUT2D eigenvalue weighted by Crippen LogP contribution is 2.12. The zero-order chi connectivity index (χ0) is 12.7. The summed E-state index contributed by atoms with van der Waals surface area (Å²) in [6.45, 7) is 4.87. The van der Waals surface area contributed by atoms with E-state index in [-0.39, 0.29) is 5.91 Å². The van der Waals surface area contributed by atoms with E-state index in [1.165, 1.54) is 6.42 Å². The minimum absolute atomic E-state index is 0.236. The van der Waals surface area contributed by atoms with Crippen LogP contribution in [0.4, 0.5) is 0 Å². The van der Waals surface area contributed by atoms with Crippen LogP contribution in [0.1, 0.15) is 32.3 Å². The Morgan fingerprint density at radius 1 is 1.18 bits per heavy atom. The molecule has 0 atom stereocenters. The predicted molar refractivity (Wildman–Crippen MR) is 67.2 cm³/mol. The van der Waals surface area contributed by atoms with Gasteiger partial charge in [-0.05, 0) is 18.4 Å². The van der Waals surface area contributed by atoms with Crippen molar-refractivity contribution >= 4 is 5.91 Å². The number of hydrogen-bond donors (Lipinski definition) is 1. The molecule has 0 aliphatic heterocycles. The van der Waals surface area contributed by atoms with Crippen LogP contribution in [-0.2, 0) is 4.79 Å². The Labute approximate surface area is 103 Å². The van der Waals surface area contributed by atoms with Crippen LogP contribution in [0.5, 0.6) is 0 Å². The maximum absolute atomic E-state index is 12.1. The molecule has 17 heavy (non-hydrogen) atoms. The number of amides is 1. The highest BCUT2D eigenvalue weighted by atomic mass is 16.6. The third kappa shape index (κ3) is 3.95. The Morgan fingerprint density at radius 2 is 1.71 bits per heavy atom. The lowest BCUT2D eigenvalue weighted by Crippen LogP contribution is -2.51. The second-order valence-corrected chi connectivity index (χ2v) is 4.26. The van der Waals surface area contributed by atoms with Crippen molar-refractivity contribution in [2.24, 2.45) is 0 Å². The normalized spacial score (nSPS) is 11.5. The Morgan fingerprint density at radius 3 is 2.18 bits per heavy atom. The molecule has 1 amide bonds. The van der Waals surface area contributed by atoms with E-state index in [0.29, 0.717) is 13.1 Å². The van der Waals surface area contributed by atoms with Crippen molar-refractivity contribution < 1.29 is 14.6 Å². The standard InChI is InChI=1S/C14H21NO2/c1-3-10-15(17,11-4-2)14(16)12-13-8-6-5-7-9-13/h5-9,12,17H,3-4,10-11H2,1-2H3/q+1. The first kappa shape index (κ1) is 13.9. The molecular weight excluding hydrogens is 214 g/mol. The zero-order valence-corrected chi connectivity index (χ0v) is 10.6. The van der Waals surface area contributed by atoms with Gasteiger partial charge < -0.3 is 0 Å².